The highest BCUT2D eigenvalue weighted by Gasteiger charge is 2.28. The number of nitrogen functional groups attached to an aromatic ring is 1. The topological polar surface area (TPSA) is 87.0 Å². The number of hydrogen-bond donors (Lipinski definition) is 1. The molecule has 0 atom stereocenters. The summed E-state index contributed by atoms with van der Waals surface area (Å²) in [5.41, 5.74) is 6.16. The number of hydrogen-bond acceptors (Lipinski definition) is 4. The minimum Gasteiger partial charge on any atom is -0.378 e. The second-order valence-electron chi connectivity index (χ2n) is 5.40. The van der Waals surface area contributed by atoms with Gasteiger partial charge in [0.2, 0.25) is 5.82 Å². The maximum atomic E-state index is 11.0. The van der Waals surface area contributed by atoms with Gasteiger partial charge in [0.05, 0.1) is 4.92 Å². The third-order valence-electron chi connectivity index (χ3n) is 2.35. The van der Waals surface area contributed by atoms with Gasteiger partial charge in [0, 0.05) is 13.0 Å². The molecule has 1 heterocycles. The highest BCUT2D eigenvalue weighted by Crippen LogP contribution is 2.31. The van der Waals surface area contributed by atoms with Crippen molar-refractivity contribution in [1.29, 1.82) is 0 Å². The highest BCUT2D eigenvalue weighted by molar-refractivity contribution is 5.56. The molecule has 0 saturated carbocycles. The van der Waals surface area contributed by atoms with Gasteiger partial charge >= 0.3 is 5.69 Å². The minimum absolute atomic E-state index is 0.0339. The van der Waals surface area contributed by atoms with E-state index >= 15 is 0 Å². The third kappa shape index (κ3) is 3.18. The first-order valence-corrected chi connectivity index (χ1v) is 5.76. The van der Waals surface area contributed by atoms with Crippen LogP contribution in [0.1, 0.15) is 39.8 Å². The molecule has 0 radical (unpaired) electrons. The molecule has 0 saturated heterocycles. The van der Waals surface area contributed by atoms with Crippen LogP contribution in [0.5, 0.6) is 0 Å². The maximum Gasteiger partial charge on any atom is 0.333 e. The molecular weight excluding hydrogens is 220 g/mol. The molecular formula is C11H20N4O2. The standard InChI is InChI=1S/C11H20N4O2/c1-5-6-14-10(12)9(15(16)17)8(13-14)7-11(2,3)4/h5-7,12H2,1-4H3. The van der Waals surface area contributed by atoms with E-state index in [2.05, 4.69) is 5.10 Å². The lowest BCUT2D eigenvalue weighted by molar-refractivity contribution is -0.384. The van der Waals surface area contributed by atoms with Crippen molar-refractivity contribution in [3.8, 4) is 0 Å². The SMILES string of the molecule is CCCn1nc(CC(C)(C)C)c([N+](=O)[O-])c1N. The van der Waals surface area contributed by atoms with Crippen LogP contribution in [0.4, 0.5) is 11.5 Å². The molecule has 2 N–H and O–H groups in total. The lowest BCUT2D eigenvalue weighted by Crippen LogP contribution is -2.11. The Morgan fingerprint density at radius 1 is 1.47 bits per heavy atom. The second kappa shape index (κ2) is 4.73. The summed E-state index contributed by atoms with van der Waals surface area (Å²) in [6.45, 7) is 8.65. The highest BCUT2D eigenvalue weighted by atomic mass is 16.6. The van der Waals surface area contributed by atoms with Crippen molar-refractivity contribution >= 4 is 11.5 Å². The zero-order chi connectivity index (χ0) is 13.2. The van der Waals surface area contributed by atoms with Gasteiger partial charge in [-0.25, -0.2) is 4.68 Å². The zero-order valence-electron chi connectivity index (χ0n) is 10.9. The van der Waals surface area contributed by atoms with Crippen LogP contribution in [-0.4, -0.2) is 14.7 Å². The van der Waals surface area contributed by atoms with E-state index in [9.17, 15) is 10.1 Å². The molecule has 1 rings (SSSR count). The molecule has 0 aliphatic carbocycles. The van der Waals surface area contributed by atoms with E-state index < -0.39 is 4.92 Å². The largest absolute Gasteiger partial charge is 0.378 e. The minimum atomic E-state index is -0.435. The summed E-state index contributed by atoms with van der Waals surface area (Å²) < 4.78 is 1.53. The van der Waals surface area contributed by atoms with Crippen LogP contribution in [0.2, 0.25) is 0 Å². The van der Waals surface area contributed by atoms with E-state index in [-0.39, 0.29) is 16.9 Å². The van der Waals surface area contributed by atoms with Gasteiger partial charge in [0.1, 0.15) is 5.69 Å². The fourth-order valence-electron chi connectivity index (χ4n) is 1.72. The molecule has 0 amide bonds. The first-order valence-electron chi connectivity index (χ1n) is 5.76. The molecule has 1 aromatic heterocycles. The van der Waals surface area contributed by atoms with Gasteiger partial charge in [-0.15, -0.1) is 0 Å². The van der Waals surface area contributed by atoms with Gasteiger partial charge in [-0.05, 0) is 11.8 Å². The molecule has 0 spiro atoms. The number of nitrogens with zero attached hydrogens (tertiary/aromatic N) is 3. The molecule has 0 fully saturated rings. The lowest BCUT2D eigenvalue weighted by Gasteiger charge is -2.15. The summed E-state index contributed by atoms with van der Waals surface area (Å²) in [6, 6.07) is 0. The normalized spacial score (nSPS) is 11.8. The molecule has 0 aromatic carbocycles. The molecule has 6 heteroatoms. The van der Waals surface area contributed by atoms with E-state index in [1.165, 1.54) is 4.68 Å². The molecule has 0 aliphatic rings. The Bertz CT molecular complexity index is 418. The smallest absolute Gasteiger partial charge is 0.333 e. The van der Waals surface area contributed by atoms with Crippen molar-refractivity contribution < 1.29 is 4.92 Å². The van der Waals surface area contributed by atoms with Crippen molar-refractivity contribution in [3.63, 3.8) is 0 Å². The quantitative estimate of drug-likeness (QED) is 0.646. The van der Waals surface area contributed by atoms with Crippen molar-refractivity contribution in [2.45, 2.75) is 47.1 Å². The summed E-state index contributed by atoms with van der Waals surface area (Å²) in [7, 11) is 0. The van der Waals surface area contributed by atoms with Crippen LogP contribution in [0.25, 0.3) is 0 Å². The molecule has 96 valence electrons. The Morgan fingerprint density at radius 3 is 2.47 bits per heavy atom. The van der Waals surface area contributed by atoms with Crippen LogP contribution < -0.4 is 5.73 Å². The van der Waals surface area contributed by atoms with Crippen LogP contribution in [0, 0.1) is 15.5 Å². The maximum absolute atomic E-state index is 11.0. The van der Waals surface area contributed by atoms with E-state index in [1.54, 1.807) is 0 Å². The van der Waals surface area contributed by atoms with Crippen LogP contribution in [-0.2, 0) is 13.0 Å². The Hall–Kier alpha value is -1.59. The summed E-state index contributed by atoms with van der Waals surface area (Å²) in [4.78, 5) is 10.6. The van der Waals surface area contributed by atoms with E-state index in [1.807, 2.05) is 27.7 Å². The van der Waals surface area contributed by atoms with Crippen molar-refractivity contribution in [3.05, 3.63) is 15.8 Å². The molecule has 6 nitrogen and oxygen atoms in total. The number of nitro groups is 1. The Balaban J connectivity index is 3.19. The average Bonchev–Trinajstić information content (AvgIpc) is 2.40. The van der Waals surface area contributed by atoms with Crippen LogP contribution >= 0.6 is 0 Å². The van der Waals surface area contributed by atoms with E-state index in [4.69, 9.17) is 5.73 Å². The van der Waals surface area contributed by atoms with Gasteiger partial charge in [0.25, 0.3) is 0 Å². The number of rotatable bonds is 4. The van der Waals surface area contributed by atoms with Crippen LogP contribution in [0.3, 0.4) is 0 Å². The Morgan fingerprint density at radius 2 is 2.06 bits per heavy atom. The van der Waals surface area contributed by atoms with Crippen molar-refractivity contribution in [2.75, 3.05) is 5.73 Å². The fraction of sp³-hybridized carbons (Fsp3) is 0.727. The summed E-state index contributed by atoms with van der Waals surface area (Å²) >= 11 is 0. The predicted molar refractivity (Wildman–Crippen MR) is 66.7 cm³/mol. The average molecular weight is 240 g/mol. The monoisotopic (exact) mass is 240 g/mol. The number of anilines is 1. The van der Waals surface area contributed by atoms with Gasteiger partial charge in [-0.2, -0.15) is 5.10 Å². The zero-order valence-corrected chi connectivity index (χ0v) is 10.9. The van der Waals surface area contributed by atoms with Crippen molar-refractivity contribution in [2.24, 2.45) is 5.41 Å². The second-order valence-corrected chi connectivity index (χ2v) is 5.40. The third-order valence-corrected chi connectivity index (χ3v) is 2.35. The molecule has 17 heavy (non-hydrogen) atoms. The number of aryl methyl sites for hydroxylation is 1. The molecule has 0 aliphatic heterocycles. The van der Waals surface area contributed by atoms with Crippen molar-refractivity contribution in [1.82, 2.24) is 9.78 Å². The van der Waals surface area contributed by atoms with E-state index in [0.29, 0.717) is 18.7 Å². The van der Waals surface area contributed by atoms with Gasteiger partial charge in [-0.3, -0.25) is 10.1 Å². The lowest BCUT2D eigenvalue weighted by atomic mass is 9.90. The number of nitrogens with two attached hydrogens (primary N) is 1. The summed E-state index contributed by atoms with van der Waals surface area (Å²) in [6.07, 6.45) is 1.39. The number of aromatic nitrogens is 2. The molecule has 0 bridgehead atoms. The van der Waals surface area contributed by atoms with E-state index in [0.717, 1.165) is 6.42 Å². The molecule has 1 aromatic rings. The Kier molecular flexibility index (Phi) is 3.75. The van der Waals surface area contributed by atoms with Crippen LogP contribution in [0.15, 0.2) is 0 Å². The first-order chi connectivity index (χ1) is 7.76. The summed E-state index contributed by atoms with van der Waals surface area (Å²) in [5, 5.41) is 15.3. The fourth-order valence-corrected chi connectivity index (χ4v) is 1.72. The molecule has 0 unspecified atom stereocenters. The predicted octanol–water partition coefficient (Wildman–Crippen LogP) is 2.37. The summed E-state index contributed by atoms with van der Waals surface area (Å²) in [5.74, 6) is 0.163. The Labute approximate surface area is 101 Å². The van der Waals surface area contributed by atoms with Gasteiger partial charge in [0.15, 0.2) is 0 Å². The first kappa shape index (κ1) is 13.5. The van der Waals surface area contributed by atoms with Gasteiger partial charge in [-0.1, -0.05) is 27.7 Å². The van der Waals surface area contributed by atoms with Gasteiger partial charge < -0.3 is 5.73 Å².